The van der Waals surface area contributed by atoms with Crippen LogP contribution in [0, 0.1) is 12.7 Å². The van der Waals surface area contributed by atoms with E-state index < -0.39 is 0 Å². The number of rotatable bonds is 9. The Labute approximate surface area is 125 Å². The third-order valence-corrected chi connectivity index (χ3v) is 3.58. The SMILES string of the molecule is COCCN(CCOC)CC(Cl)c1ccc(F)c(C)c1. The van der Waals surface area contributed by atoms with Crippen LogP contribution in [-0.4, -0.2) is 52.0 Å². The third kappa shape index (κ3) is 5.75. The second-order valence-electron chi connectivity index (χ2n) is 4.76. The van der Waals surface area contributed by atoms with E-state index in [1.54, 1.807) is 33.3 Å². The van der Waals surface area contributed by atoms with Crippen LogP contribution in [0.15, 0.2) is 18.2 Å². The first-order valence-corrected chi connectivity index (χ1v) is 7.12. The van der Waals surface area contributed by atoms with E-state index >= 15 is 0 Å². The lowest BCUT2D eigenvalue weighted by atomic mass is 10.1. The molecule has 0 heterocycles. The van der Waals surface area contributed by atoms with Crippen molar-refractivity contribution < 1.29 is 13.9 Å². The zero-order valence-electron chi connectivity index (χ0n) is 12.4. The molecule has 0 saturated carbocycles. The molecule has 0 fully saturated rings. The first-order chi connectivity index (χ1) is 9.58. The molecule has 5 heteroatoms. The van der Waals surface area contributed by atoms with E-state index in [2.05, 4.69) is 4.90 Å². The zero-order chi connectivity index (χ0) is 15.0. The van der Waals surface area contributed by atoms with Gasteiger partial charge in [-0.05, 0) is 24.1 Å². The lowest BCUT2D eigenvalue weighted by Crippen LogP contribution is -2.33. The molecule has 0 aliphatic carbocycles. The van der Waals surface area contributed by atoms with Gasteiger partial charge < -0.3 is 9.47 Å². The summed E-state index contributed by atoms with van der Waals surface area (Å²) in [5, 5.41) is -0.178. The summed E-state index contributed by atoms with van der Waals surface area (Å²) in [6.45, 7) is 5.31. The van der Waals surface area contributed by atoms with Crippen molar-refractivity contribution in [3.8, 4) is 0 Å². The average molecular weight is 304 g/mol. The highest BCUT2D eigenvalue weighted by molar-refractivity contribution is 6.21. The number of hydrogen-bond acceptors (Lipinski definition) is 3. The second-order valence-corrected chi connectivity index (χ2v) is 5.29. The molecule has 114 valence electrons. The molecule has 0 spiro atoms. The van der Waals surface area contributed by atoms with Crippen molar-refractivity contribution in [2.75, 3.05) is 47.1 Å². The number of ether oxygens (including phenoxy) is 2. The predicted molar refractivity (Wildman–Crippen MR) is 79.9 cm³/mol. The Kier molecular flexibility index (Phi) is 8.07. The number of alkyl halides is 1. The molecule has 0 aromatic heterocycles. The van der Waals surface area contributed by atoms with Crippen LogP contribution in [0.2, 0.25) is 0 Å². The quantitative estimate of drug-likeness (QED) is 0.655. The normalized spacial score (nSPS) is 12.9. The molecule has 20 heavy (non-hydrogen) atoms. The maximum absolute atomic E-state index is 13.3. The number of halogens is 2. The van der Waals surface area contributed by atoms with Gasteiger partial charge in [-0.2, -0.15) is 0 Å². The van der Waals surface area contributed by atoms with Crippen molar-refractivity contribution in [1.29, 1.82) is 0 Å². The van der Waals surface area contributed by atoms with E-state index in [4.69, 9.17) is 21.1 Å². The summed E-state index contributed by atoms with van der Waals surface area (Å²) in [5.74, 6) is -0.201. The second kappa shape index (κ2) is 9.29. The van der Waals surface area contributed by atoms with Gasteiger partial charge in [0, 0.05) is 33.9 Å². The van der Waals surface area contributed by atoms with Crippen molar-refractivity contribution in [3.63, 3.8) is 0 Å². The van der Waals surface area contributed by atoms with Gasteiger partial charge >= 0.3 is 0 Å². The highest BCUT2D eigenvalue weighted by Crippen LogP contribution is 2.23. The van der Waals surface area contributed by atoms with Crippen LogP contribution < -0.4 is 0 Å². The average Bonchev–Trinajstić information content (AvgIpc) is 2.44. The van der Waals surface area contributed by atoms with E-state index in [1.807, 2.05) is 0 Å². The van der Waals surface area contributed by atoms with Gasteiger partial charge in [0.15, 0.2) is 0 Å². The summed E-state index contributed by atoms with van der Waals surface area (Å²) < 4.78 is 23.5. The first-order valence-electron chi connectivity index (χ1n) is 6.68. The molecular formula is C15H23ClFNO2. The fraction of sp³-hybridized carbons (Fsp3) is 0.600. The minimum Gasteiger partial charge on any atom is -0.383 e. The van der Waals surface area contributed by atoms with Gasteiger partial charge in [-0.25, -0.2) is 4.39 Å². The topological polar surface area (TPSA) is 21.7 Å². The fourth-order valence-corrected chi connectivity index (χ4v) is 2.26. The summed E-state index contributed by atoms with van der Waals surface area (Å²) in [5.41, 5.74) is 1.55. The Balaban J connectivity index is 2.62. The standard InChI is InChI=1S/C15H23ClFNO2/c1-12-10-13(4-5-15(12)17)14(16)11-18(6-8-19-2)7-9-20-3/h4-5,10,14H,6-9,11H2,1-3H3. The molecular weight excluding hydrogens is 281 g/mol. The van der Waals surface area contributed by atoms with Crippen LogP contribution in [0.5, 0.6) is 0 Å². The number of aryl methyl sites for hydroxylation is 1. The van der Waals surface area contributed by atoms with Gasteiger partial charge in [-0.3, -0.25) is 4.90 Å². The molecule has 1 rings (SSSR count). The Morgan fingerprint density at radius 2 is 1.80 bits per heavy atom. The molecule has 1 aromatic carbocycles. The van der Waals surface area contributed by atoms with Crippen molar-refractivity contribution in [3.05, 3.63) is 35.1 Å². The van der Waals surface area contributed by atoms with E-state index in [-0.39, 0.29) is 11.2 Å². The van der Waals surface area contributed by atoms with Crippen LogP contribution >= 0.6 is 11.6 Å². The van der Waals surface area contributed by atoms with Gasteiger partial charge in [0.05, 0.1) is 18.6 Å². The number of nitrogens with zero attached hydrogens (tertiary/aromatic N) is 1. The molecule has 0 bridgehead atoms. The van der Waals surface area contributed by atoms with Gasteiger partial charge in [-0.15, -0.1) is 11.6 Å². The van der Waals surface area contributed by atoms with Crippen LogP contribution in [0.25, 0.3) is 0 Å². The maximum Gasteiger partial charge on any atom is 0.126 e. The van der Waals surface area contributed by atoms with E-state index in [0.717, 1.165) is 18.7 Å². The molecule has 0 amide bonds. The lowest BCUT2D eigenvalue weighted by Gasteiger charge is -2.24. The van der Waals surface area contributed by atoms with Gasteiger partial charge in [0.25, 0.3) is 0 Å². The van der Waals surface area contributed by atoms with Crippen LogP contribution in [0.3, 0.4) is 0 Å². The Morgan fingerprint density at radius 1 is 1.20 bits per heavy atom. The first kappa shape index (κ1) is 17.4. The molecule has 0 aliphatic heterocycles. The molecule has 3 nitrogen and oxygen atoms in total. The largest absolute Gasteiger partial charge is 0.383 e. The Hall–Kier alpha value is -0.680. The summed E-state index contributed by atoms with van der Waals surface area (Å²) in [6, 6.07) is 5.01. The third-order valence-electron chi connectivity index (χ3n) is 3.19. The van der Waals surface area contributed by atoms with E-state index in [1.165, 1.54) is 6.07 Å². The molecule has 0 aliphatic rings. The summed E-state index contributed by atoms with van der Waals surface area (Å²) in [7, 11) is 3.35. The van der Waals surface area contributed by atoms with Gasteiger partial charge in [0.2, 0.25) is 0 Å². The predicted octanol–water partition coefficient (Wildman–Crippen LogP) is 3.01. The summed E-state index contributed by atoms with van der Waals surface area (Å²) in [4.78, 5) is 2.18. The molecule has 0 saturated heterocycles. The smallest absolute Gasteiger partial charge is 0.126 e. The maximum atomic E-state index is 13.3. The van der Waals surface area contributed by atoms with Crippen molar-refractivity contribution >= 4 is 11.6 Å². The van der Waals surface area contributed by atoms with Crippen molar-refractivity contribution in [1.82, 2.24) is 4.90 Å². The highest BCUT2D eigenvalue weighted by atomic mass is 35.5. The molecule has 1 atom stereocenters. The van der Waals surface area contributed by atoms with Crippen LogP contribution in [-0.2, 0) is 9.47 Å². The van der Waals surface area contributed by atoms with Gasteiger partial charge in [-0.1, -0.05) is 12.1 Å². The lowest BCUT2D eigenvalue weighted by molar-refractivity contribution is 0.114. The minimum absolute atomic E-state index is 0.178. The van der Waals surface area contributed by atoms with Crippen LogP contribution in [0.1, 0.15) is 16.5 Å². The zero-order valence-corrected chi connectivity index (χ0v) is 13.1. The molecule has 1 aromatic rings. The van der Waals surface area contributed by atoms with Gasteiger partial charge in [0.1, 0.15) is 5.82 Å². The highest BCUT2D eigenvalue weighted by Gasteiger charge is 2.14. The van der Waals surface area contributed by atoms with E-state index in [9.17, 15) is 4.39 Å². The van der Waals surface area contributed by atoms with Crippen LogP contribution in [0.4, 0.5) is 4.39 Å². The van der Waals surface area contributed by atoms with E-state index in [0.29, 0.717) is 25.3 Å². The molecule has 0 radical (unpaired) electrons. The molecule has 0 N–H and O–H groups in total. The number of methoxy groups -OCH3 is 2. The van der Waals surface area contributed by atoms with Crippen molar-refractivity contribution in [2.24, 2.45) is 0 Å². The molecule has 1 unspecified atom stereocenters. The summed E-state index contributed by atoms with van der Waals surface area (Å²) in [6.07, 6.45) is 0. The minimum atomic E-state index is -0.201. The Bertz CT molecular complexity index is 395. The number of hydrogen-bond donors (Lipinski definition) is 0. The fourth-order valence-electron chi connectivity index (χ4n) is 1.93. The van der Waals surface area contributed by atoms with Crippen molar-refractivity contribution in [2.45, 2.75) is 12.3 Å². The monoisotopic (exact) mass is 303 g/mol. The Morgan fingerprint density at radius 3 is 2.30 bits per heavy atom. The number of benzene rings is 1. The summed E-state index contributed by atoms with van der Waals surface area (Å²) >= 11 is 6.44.